The Kier molecular flexibility index (Phi) is 7.03. The molecule has 5 heteroatoms. The molecule has 0 aliphatic heterocycles. The van der Waals surface area contributed by atoms with E-state index in [1.807, 2.05) is 24.3 Å². The molecular weight excluding hydrogens is 400 g/mol. The van der Waals surface area contributed by atoms with E-state index in [4.69, 9.17) is 4.74 Å². The van der Waals surface area contributed by atoms with E-state index in [1.54, 1.807) is 0 Å². The van der Waals surface area contributed by atoms with Crippen molar-refractivity contribution in [2.24, 2.45) is 11.8 Å². The number of anilines is 1. The first-order valence-electron chi connectivity index (χ1n) is 11.1. The lowest BCUT2D eigenvalue weighted by Gasteiger charge is -2.27. The molecule has 0 saturated carbocycles. The van der Waals surface area contributed by atoms with Crippen LogP contribution in [0.25, 0.3) is 0 Å². The van der Waals surface area contributed by atoms with Crippen LogP contribution in [-0.4, -0.2) is 38.6 Å². The van der Waals surface area contributed by atoms with E-state index in [1.165, 1.54) is 23.2 Å². The first kappa shape index (κ1) is 21.9. The van der Waals surface area contributed by atoms with Gasteiger partial charge in [-0.1, -0.05) is 66.5 Å². The van der Waals surface area contributed by atoms with Gasteiger partial charge in [0.2, 0.25) is 6.41 Å². The van der Waals surface area contributed by atoms with Crippen LogP contribution in [0.2, 0.25) is 0 Å². The number of para-hydroxylation sites is 1. The molecule has 3 aliphatic carbocycles. The smallest absolute Gasteiger partial charge is 0.325 e. The second kappa shape index (κ2) is 10.3. The van der Waals surface area contributed by atoms with E-state index < -0.39 is 5.97 Å². The highest BCUT2D eigenvalue weighted by Gasteiger charge is 2.29. The molecule has 1 amide bonds. The Morgan fingerprint density at radius 1 is 1.25 bits per heavy atom. The van der Waals surface area contributed by atoms with Gasteiger partial charge in [0.05, 0.1) is 13.0 Å². The molecule has 0 aromatic heterocycles. The Hall–Kier alpha value is -3.36. The van der Waals surface area contributed by atoms with Crippen molar-refractivity contribution in [1.82, 2.24) is 5.32 Å². The summed E-state index contributed by atoms with van der Waals surface area (Å²) in [6, 6.07) is 7.98. The van der Waals surface area contributed by atoms with E-state index in [0.29, 0.717) is 6.41 Å². The molecule has 0 heterocycles. The maximum atomic E-state index is 11.7. The molecule has 3 unspecified atom stereocenters. The number of nitrogens with zero attached hydrogens (tertiary/aromatic N) is 1. The zero-order chi connectivity index (χ0) is 22.3. The van der Waals surface area contributed by atoms with Gasteiger partial charge >= 0.3 is 5.97 Å². The van der Waals surface area contributed by atoms with Crippen molar-refractivity contribution in [3.8, 4) is 11.8 Å². The predicted molar refractivity (Wildman–Crippen MR) is 126 cm³/mol. The number of hydrogen-bond donors (Lipinski definition) is 1. The van der Waals surface area contributed by atoms with E-state index in [-0.39, 0.29) is 24.4 Å². The summed E-state index contributed by atoms with van der Waals surface area (Å²) in [6.07, 6.45) is 16.4. The minimum Gasteiger partial charge on any atom is -0.468 e. The Bertz CT molecular complexity index is 1050. The standard InChI is InChI=1S/C27H28N2O3/c1-32-27(31)18-29(19-30)26-13-3-2-8-22(26)11-6-16-28-25-17-20-7-4-9-21-10-5-12-24(25)23(21)15-14-20/h2-5,7-10,12-13,19-20,23,25,28H,6,11,16-18H2,1H3/b7-4-,21-9-. The molecule has 1 aromatic rings. The maximum absolute atomic E-state index is 11.7. The summed E-state index contributed by atoms with van der Waals surface area (Å²) in [5.41, 5.74) is 4.40. The fourth-order valence-electron chi connectivity index (χ4n) is 4.50. The molecular formula is C27H28N2O3. The summed E-state index contributed by atoms with van der Waals surface area (Å²) in [5.74, 6) is 6.90. The summed E-state index contributed by atoms with van der Waals surface area (Å²) >= 11 is 0. The summed E-state index contributed by atoms with van der Waals surface area (Å²) in [6.45, 7) is 0.755. The molecule has 0 radical (unpaired) electrons. The van der Waals surface area contributed by atoms with Crippen molar-refractivity contribution in [3.05, 3.63) is 77.4 Å². The lowest BCUT2D eigenvalue weighted by atomic mass is 9.83. The van der Waals surface area contributed by atoms with E-state index in [0.717, 1.165) is 37.1 Å². The van der Waals surface area contributed by atoms with Crippen molar-refractivity contribution >= 4 is 18.1 Å². The Morgan fingerprint density at radius 3 is 2.97 bits per heavy atom. The van der Waals surface area contributed by atoms with Crippen molar-refractivity contribution in [1.29, 1.82) is 0 Å². The third-order valence-electron chi connectivity index (χ3n) is 6.15. The highest BCUT2D eigenvalue weighted by atomic mass is 16.5. The van der Waals surface area contributed by atoms with Crippen molar-refractivity contribution in [3.63, 3.8) is 0 Å². The topological polar surface area (TPSA) is 58.6 Å². The SMILES string of the molecule is COC(=O)CN(C=O)c1ccccc1CCCNC1CC2C#CC3C1=CC=C/C3=C/C=C\2. The average Bonchev–Trinajstić information content (AvgIpc) is 2.97. The van der Waals surface area contributed by atoms with E-state index in [9.17, 15) is 9.59 Å². The Labute approximate surface area is 189 Å². The number of ether oxygens (including phenoxy) is 1. The van der Waals surface area contributed by atoms with Crippen molar-refractivity contribution < 1.29 is 14.3 Å². The van der Waals surface area contributed by atoms with Gasteiger partial charge in [0.15, 0.2) is 0 Å². The van der Waals surface area contributed by atoms with Gasteiger partial charge in [-0.2, -0.15) is 0 Å². The number of methoxy groups -OCH3 is 1. The van der Waals surface area contributed by atoms with Gasteiger partial charge < -0.3 is 15.0 Å². The third-order valence-corrected chi connectivity index (χ3v) is 6.15. The molecule has 2 bridgehead atoms. The van der Waals surface area contributed by atoms with Crippen LogP contribution in [0.15, 0.2) is 71.9 Å². The Balaban J connectivity index is 1.39. The Morgan fingerprint density at radius 2 is 2.12 bits per heavy atom. The van der Waals surface area contributed by atoms with Gasteiger partial charge in [-0.25, -0.2) is 0 Å². The van der Waals surface area contributed by atoms with Gasteiger partial charge in [-0.3, -0.25) is 9.59 Å². The number of carbonyl (C=O) groups is 2. The summed E-state index contributed by atoms with van der Waals surface area (Å²) in [5, 5.41) is 3.75. The fourth-order valence-corrected chi connectivity index (χ4v) is 4.50. The molecule has 5 nitrogen and oxygen atoms in total. The number of amides is 1. The normalized spacial score (nSPS) is 25.1. The van der Waals surface area contributed by atoms with Gasteiger partial charge in [-0.15, -0.1) is 0 Å². The molecule has 3 aliphatic rings. The number of aryl methyl sites for hydroxylation is 1. The summed E-state index contributed by atoms with van der Waals surface area (Å²) in [7, 11) is 1.32. The van der Waals surface area contributed by atoms with Crippen LogP contribution in [-0.2, 0) is 20.7 Å². The first-order chi connectivity index (χ1) is 15.7. The minimum absolute atomic E-state index is 0.0921. The molecule has 1 aromatic carbocycles. The van der Waals surface area contributed by atoms with E-state index in [2.05, 4.69) is 53.6 Å². The fraction of sp³-hybridized carbons (Fsp3) is 0.333. The van der Waals surface area contributed by atoms with Crippen LogP contribution < -0.4 is 10.2 Å². The zero-order valence-electron chi connectivity index (χ0n) is 18.3. The van der Waals surface area contributed by atoms with Crippen LogP contribution >= 0.6 is 0 Å². The van der Waals surface area contributed by atoms with Crippen LogP contribution in [0, 0.1) is 23.7 Å². The van der Waals surface area contributed by atoms with E-state index >= 15 is 0 Å². The summed E-state index contributed by atoms with van der Waals surface area (Å²) in [4.78, 5) is 24.6. The summed E-state index contributed by atoms with van der Waals surface area (Å²) < 4.78 is 4.71. The van der Waals surface area contributed by atoms with Gasteiger partial charge in [-0.05, 0) is 48.6 Å². The number of carbonyl (C=O) groups excluding carboxylic acids is 2. The average molecular weight is 429 g/mol. The maximum Gasteiger partial charge on any atom is 0.325 e. The van der Waals surface area contributed by atoms with Crippen molar-refractivity contribution in [2.75, 3.05) is 25.1 Å². The largest absolute Gasteiger partial charge is 0.468 e. The quantitative estimate of drug-likeness (QED) is 0.284. The molecule has 32 heavy (non-hydrogen) atoms. The van der Waals surface area contributed by atoms with Crippen LogP contribution in [0.1, 0.15) is 18.4 Å². The number of fused-ring (bicyclic) bond motifs is 1. The van der Waals surface area contributed by atoms with Gasteiger partial charge in [0.25, 0.3) is 0 Å². The number of hydrogen-bond acceptors (Lipinski definition) is 4. The van der Waals surface area contributed by atoms with Gasteiger partial charge in [0, 0.05) is 17.6 Å². The number of allylic oxidation sites excluding steroid dienone is 7. The molecule has 0 saturated heterocycles. The van der Waals surface area contributed by atoms with Crippen LogP contribution in [0.4, 0.5) is 5.69 Å². The lowest BCUT2D eigenvalue weighted by Crippen LogP contribution is -2.35. The van der Waals surface area contributed by atoms with Gasteiger partial charge in [0.1, 0.15) is 6.54 Å². The van der Waals surface area contributed by atoms with Crippen LogP contribution in [0.3, 0.4) is 0 Å². The molecule has 0 spiro atoms. The number of nitrogens with one attached hydrogen (secondary N) is 1. The number of rotatable bonds is 9. The monoisotopic (exact) mass is 428 g/mol. The highest BCUT2D eigenvalue weighted by molar-refractivity contribution is 5.86. The number of benzene rings is 1. The van der Waals surface area contributed by atoms with Crippen LogP contribution in [0.5, 0.6) is 0 Å². The molecule has 3 atom stereocenters. The molecule has 0 fully saturated rings. The van der Waals surface area contributed by atoms with Crippen molar-refractivity contribution in [2.45, 2.75) is 25.3 Å². The molecule has 164 valence electrons. The second-order valence-corrected chi connectivity index (χ2v) is 8.19. The highest BCUT2D eigenvalue weighted by Crippen LogP contribution is 2.34. The zero-order valence-corrected chi connectivity index (χ0v) is 18.3. The molecule has 4 rings (SSSR count). The first-order valence-corrected chi connectivity index (χ1v) is 11.1. The third kappa shape index (κ3) is 4.92. The minimum atomic E-state index is -0.442. The second-order valence-electron chi connectivity index (χ2n) is 8.19. The number of esters is 1. The molecule has 1 N–H and O–H groups in total. The predicted octanol–water partition coefficient (Wildman–Crippen LogP) is 3.35. The lowest BCUT2D eigenvalue weighted by molar-refractivity contribution is -0.139.